The number of hydrogen-bond donors (Lipinski definition) is 1. The van der Waals surface area contributed by atoms with Crippen LogP contribution in [0.1, 0.15) is 89.1 Å². The summed E-state index contributed by atoms with van der Waals surface area (Å²) < 4.78 is 15.0. The van der Waals surface area contributed by atoms with Crippen LogP contribution in [0.25, 0.3) is 11.0 Å². The van der Waals surface area contributed by atoms with Crippen LogP contribution in [0.4, 0.5) is 4.39 Å². The Balaban J connectivity index is 1.18. The first-order valence-electron chi connectivity index (χ1n) is 17.0. The molecule has 7 nitrogen and oxygen atoms in total. The normalized spacial score (nSPS) is 23.3. The zero-order valence-electron chi connectivity index (χ0n) is 27.5. The van der Waals surface area contributed by atoms with Crippen LogP contribution < -0.4 is 5.32 Å². The summed E-state index contributed by atoms with van der Waals surface area (Å²) in [6, 6.07) is 16.9. The Morgan fingerprint density at radius 3 is 2.26 bits per heavy atom. The number of alkyl halides is 3. The average Bonchev–Trinajstić information content (AvgIpc) is 3.52. The third-order valence-electron chi connectivity index (χ3n) is 11.5. The van der Waals surface area contributed by atoms with E-state index in [2.05, 4.69) is 46.0 Å². The Morgan fingerprint density at radius 1 is 0.979 bits per heavy atom. The van der Waals surface area contributed by atoms with E-state index < -0.39 is 15.2 Å². The average molecular weight is 705 g/mol. The van der Waals surface area contributed by atoms with Crippen molar-refractivity contribution in [2.45, 2.75) is 111 Å². The fourth-order valence-corrected chi connectivity index (χ4v) is 8.94. The number of aryl methyl sites for hydroxylation is 1. The molecular formula is C36H45Cl3FN5O2. The largest absolute Gasteiger partial charge is 0.341 e. The van der Waals surface area contributed by atoms with Crippen molar-refractivity contribution < 1.29 is 14.0 Å². The Bertz CT molecular complexity index is 1600. The Labute approximate surface area is 292 Å². The van der Waals surface area contributed by atoms with E-state index in [1.165, 1.54) is 24.4 Å². The fourth-order valence-electron chi connectivity index (χ4n) is 8.80. The van der Waals surface area contributed by atoms with Gasteiger partial charge in [-0.1, -0.05) is 72.9 Å². The first-order valence-corrected chi connectivity index (χ1v) is 18.2. The number of aromatic nitrogens is 2. The molecular weight excluding hydrogens is 660 g/mol. The fraction of sp³-hybridized carbons (Fsp3) is 0.583. The number of para-hydroxylation sites is 2. The van der Waals surface area contributed by atoms with Gasteiger partial charge in [0, 0.05) is 31.2 Å². The standard InChI is InChI=1S/C36H45Cl3FN5O2/c1-4-35(5-2,42-32(46)36(37,38)39)33(47)43-18-15-34(16-19-43,25-9-8-10-26(40)21-25)17-20-44-27-13-14-28(44)23-29(22-27)45-24(3)41-30-11-6-7-12-31(30)45/h6-12,21,27-29H,4-5,13-20,22-23H2,1-3H3,(H,42,46)/t27-,28+,29+. The van der Waals surface area contributed by atoms with Crippen molar-refractivity contribution in [3.05, 3.63) is 65.7 Å². The molecule has 3 fully saturated rings. The van der Waals surface area contributed by atoms with Crippen molar-refractivity contribution >= 4 is 57.7 Å². The number of nitrogens with one attached hydrogen (secondary N) is 1. The molecule has 3 atom stereocenters. The van der Waals surface area contributed by atoms with Gasteiger partial charge in [-0.15, -0.1) is 0 Å². The molecule has 3 aromatic rings. The lowest BCUT2D eigenvalue weighted by Crippen LogP contribution is -2.62. The van der Waals surface area contributed by atoms with Crippen LogP contribution in [0.3, 0.4) is 0 Å². The van der Waals surface area contributed by atoms with Crippen LogP contribution in [-0.2, 0) is 15.0 Å². The maximum Gasteiger partial charge on any atom is 0.273 e. The molecule has 1 N–H and O–H groups in total. The minimum atomic E-state index is -2.16. The second-order valence-corrected chi connectivity index (χ2v) is 16.1. The smallest absolute Gasteiger partial charge is 0.273 e. The van der Waals surface area contributed by atoms with Gasteiger partial charge in [-0.25, -0.2) is 9.37 Å². The Morgan fingerprint density at radius 2 is 1.64 bits per heavy atom. The number of likely N-dealkylation sites (tertiary alicyclic amines) is 1. The van der Waals surface area contributed by atoms with Crippen molar-refractivity contribution in [1.29, 1.82) is 0 Å². The van der Waals surface area contributed by atoms with Crippen molar-refractivity contribution in [3.63, 3.8) is 0 Å². The van der Waals surface area contributed by atoms with E-state index in [0.717, 1.165) is 42.7 Å². The summed E-state index contributed by atoms with van der Waals surface area (Å²) in [4.78, 5) is 36.0. The summed E-state index contributed by atoms with van der Waals surface area (Å²) >= 11 is 17.6. The number of halogens is 4. The van der Waals surface area contributed by atoms with E-state index in [1.807, 2.05) is 24.8 Å². The minimum Gasteiger partial charge on any atom is -0.341 e. The maximum atomic E-state index is 14.7. The van der Waals surface area contributed by atoms with Crippen LogP contribution in [-0.4, -0.2) is 72.2 Å². The second kappa shape index (κ2) is 13.5. The number of carbonyl (C=O) groups excluding carboxylic acids is 2. The number of hydrogen-bond acceptors (Lipinski definition) is 4. The quantitative estimate of drug-likeness (QED) is 0.233. The van der Waals surface area contributed by atoms with Gasteiger partial charge in [0.15, 0.2) is 0 Å². The highest BCUT2D eigenvalue weighted by molar-refractivity contribution is 6.76. The molecule has 4 heterocycles. The predicted octanol–water partition coefficient (Wildman–Crippen LogP) is 7.65. The number of carbonyl (C=O) groups is 2. The van der Waals surface area contributed by atoms with E-state index in [4.69, 9.17) is 39.8 Å². The Kier molecular flexibility index (Phi) is 9.89. The molecule has 3 aliphatic rings. The summed E-state index contributed by atoms with van der Waals surface area (Å²) in [5.74, 6) is -0.132. The van der Waals surface area contributed by atoms with Gasteiger partial charge in [-0.2, -0.15) is 0 Å². The van der Waals surface area contributed by atoms with Gasteiger partial charge in [-0.05, 0) is 106 Å². The molecule has 0 unspecified atom stereocenters. The minimum absolute atomic E-state index is 0.166. The third-order valence-corrected chi connectivity index (χ3v) is 12.0. The van der Waals surface area contributed by atoms with Gasteiger partial charge in [0.2, 0.25) is 5.91 Å². The summed E-state index contributed by atoms with van der Waals surface area (Å²) in [5.41, 5.74) is 1.84. The summed E-state index contributed by atoms with van der Waals surface area (Å²) in [6.45, 7) is 7.77. The monoisotopic (exact) mass is 703 g/mol. The maximum absolute atomic E-state index is 14.7. The van der Waals surface area contributed by atoms with E-state index >= 15 is 0 Å². The van der Waals surface area contributed by atoms with Crippen LogP contribution in [0, 0.1) is 12.7 Å². The molecule has 0 spiro atoms. The molecule has 0 radical (unpaired) electrons. The number of rotatable bonds is 9. The topological polar surface area (TPSA) is 70.5 Å². The first-order chi connectivity index (χ1) is 22.4. The van der Waals surface area contributed by atoms with E-state index in [-0.39, 0.29) is 17.1 Å². The van der Waals surface area contributed by atoms with Crippen molar-refractivity contribution in [2.75, 3.05) is 19.6 Å². The molecule has 3 aliphatic heterocycles. The van der Waals surface area contributed by atoms with Gasteiger partial charge in [0.25, 0.3) is 9.70 Å². The molecule has 47 heavy (non-hydrogen) atoms. The highest BCUT2D eigenvalue weighted by atomic mass is 35.6. The number of nitrogens with zero attached hydrogens (tertiary/aromatic N) is 4. The number of benzene rings is 2. The third kappa shape index (κ3) is 6.64. The lowest BCUT2D eigenvalue weighted by atomic mass is 9.70. The summed E-state index contributed by atoms with van der Waals surface area (Å²) in [7, 11) is 0. The van der Waals surface area contributed by atoms with E-state index in [9.17, 15) is 14.0 Å². The molecule has 3 saturated heterocycles. The van der Waals surface area contributed by atoms with Crippen LogP contribution in [0.15, 0.2) is 48.5 Å². The van der Waals surface area contributed by atoms with Gasteiger partial charge < -0.3 is 14.8 Å². The predicted molar refractivity (Wildman–Crippen MR) is 187 cm³/mol. The highest BCUT2D eigenvalue weighted by Crippen LogP contribution is 2.45. The van der Waals surface area contributed by atoms with Gasteiger partial charge >= 0.3 is 0 Å². The van der Waals surface area contributed by atoms with Crippen molar-refractivity contribution in [2.24, 2.45) is 0 Å². The number of imidazole rings is 1. The summed E-state index contributed by atoms with van der Waals surface area (Å²) in [5, 5.41) is 2.75. The van der Waals surface area contributed by atoms with Crippen LogP contribution in [0.2, 0.25) is 0 Å². The van der Waals surface area contributed by atoms with Crippen molar-refractivity contribution in [1.82, 2.24) is 24.7 Å². The van der Waals surface area contributed by atoms with E-state index in [0.29, 0.717) is 56.9 Å². The molecule has 2 bridgehead atoms. The molecule has 0 saturated carbocycles. The van der Waals surface area contributed by atoms with Gasteiger partial charge in [-0.3, -0.25) is 14.5 Å². The summed E-state index contributed by atoms with van der Waals surface area (Å²) in [6.07, 6.45) is 7.62. The zero-order chi connectivity index (χ0) is 33.6. The number of amides is 2. The molecule has 254 valence electrons. The molecule has 2 amide bonds. The first kappa shape index (κ1) is 34.5. The van der Waals surface area contributed by atoms with E-state index in [1.54, 1.807) is 12.1 Å². The highest BCUT2D eigenvalue weighted by Gasteiger charge is 2.47. The van der Waals surface area contributed by atoms with Gasteiger partial charge in [0.1, 0.15) is 17.2 Å². The second-order valence-electron chi connectivity index (χ2n) is 13.8. The zero-order valence-corrected chi connectivity index (χ0v) is 29.7. The lowest BCUT2D eigenvalue weighted by Gasteiger charge is -2.47. The molecule has 2 aromatic carbocycles. The van der Waals surface area contributed by atoms with Crippen molar-refractivity contribution in [3.8, 4) is 0 Å². The SMILES string of the molecule is CCC(CC)(NC(=O)C(Cl)(Cl)Cl)C(=O)N1CCC(CCN2[C@@H]3CC[C@H]2C[C@@H](n2c(C)nc4ccccc42)C3)(c2cccc(F)c2)CC1. The number of fused-ring (bicyclic) bond motifs is 3. The molecule has 11 heteroatoms. The number of piperidine rings is 2. The molecule has 0 aliphatic carbocycles. The lowest BCUT2D eigenvalue weighted by molar-refractivity contribution is -0.143. The Hall–Kier alpha value is -2.39. The van der Waals surface area contributed by atoms with Crippen LogP contribution in [0.5, 0.6) is 0 Å². The van der Waals surface area contributed by atoms with Crippen LogP contribution >= 0.6 is 34.8 Å². The van der Waals surface area contributed by atoms with Gasteiger partial charge in [0.05, 0.1) is 11.0 Å². The molecule has 6 rings (SSSR count). The molecule has 1 aromatic heterocycles.